The summed E-state index contributed by atoms with van der Waals surface area (Å²) in [7, 11) is 2.19. The van der Waals surface area contributed by atoms with E-state index in [-0.39, 0.29) is 0 Å². The van der Waals surface area contributed by atoms with Crippen LogP contribution in [0.25, 0.3) is 0 Å². The van der Waals surface area contributed by atoms with Gasteiger partial charge in [0.25, 0.3) is 0 Å². The fourth-order valence-electron chi connectivity index (χ4n) is 2.80. The van der Waals surface area contributed by atoms with Crippen molar-refractivity contribution in [1.82, 2.24) is 15.2 Å². The van der Waals surface area contributed by atoms with Gasteiger partial charge in [0.1, 0.15) is 0 Å². The van der Waals surface area contributed by atoms with Crippen LogP contribution in [0.2, 0.25) is 0 Å². The van der Waals surface area contributed by atoms with Crippen LogP contribution < -0.4 is 5.32 Å². The lowest BCUT2D eigenvalue weighted by Crippen LogP contribution is -2.33. The molecule has 0 aromatic carbocycles. The van der Waals surface area contributed by atoms with Crippen molar-refractivity contribution in [2.75, 3.05) is 20.1 Å². The van der Waals surface area contributed by atoms with Gasteiger partial charge in [-0.15, -0.1) is 11.3 Å². The molecule has 1 heterocycles. The van der Waals surface area contributed by atoms with E-state index in [2.05, 4.69) is 34.6 Å². The van der Waals surface area contributed by atoms with Crippen LogP contribution in [0.15, 0.2) is 5.38 Å². The first-order valence-corrected chi connectivity index (χ1v) is 8.45. The molecule has 1 aliphatic rings. The molecule has 3 nitrogen and oxygen atoms in total. The Balaban J connectivity index is 1.54. The van der Waals surface area contributed by atoms with Gasteiger partial charge in [0, 0.05) is 18.0 Å². The molecular formula is C15H27N3S. The van der Waals surface area contributed by atoms with E-state index < -0.39 is 0 Å². The SMILES string of the molecule is Cc1nc(CN(C)CCCNC2CCCCC2)cs1. The minimum atomic E-state index is 0.792. The Morgan fingerprint density at radius 1 is 1.37 bits per heavy atom. The highest BCUT2D eigenvalue weighted by Crippen LogP contribution is 2.17. The minimum absolute atomic E-state index is 0.792. The zero-order valence-corrected chi connectivity index (χ0v) is 13.1. The van der Waals surface area contributed by atoms with Crippen LogP contribution in [-0.4, -0.2) is 36.1 Å². The summed E-state index contributed by atoms with van der Waals surface area (Å²) in [5, 5.41) is 7.05. The molecule has 1 saturated carbocycles. The lowest BCUT2D eigenvalue weighted by Gasteiger charge is -2.23. The first kappa shape index (κ1) is 14.9. The Bertz CT molecular complexity index is 358. The molecule has 0 spiro atoms. The summed E-state index contributed by atoms with van der Waals surface area (Å²) in [6, 6.07) is 0.792. The number of rotatable bonds is 7. The molecule has 19 heavy (non-hydrogen) atoms. The summed E-state index contributed by atoms with van der Waals surface area (Å²) >= 11 is 1.74. The quantitative estimate of drug-likeness (QED) is 0.778. The van der Waals surface area contributed by atoms with Gasteiger partial charge >= 0.3 is 0 Å². The highest BCUT2D eigenvalue weighted by molar-refractivity contribution is 7.09. The molecule has 4 heteroatoms. The second kappa shape index (κ2) is 7.98. The Hall–Kier alpha value is -0.450. The van der Waals surface area contributed by atoms with Crippen LogP contribution in [0.5, 0.6) is 0 Å². The molecule has 0 bridgehead atoms. The largest absolute Gasteiger partial charge is 0.314 e. The molecule has 1 aliphatic carbocycles. The van der Waals surface area contributed by atoms with Gasteiger partial charge in [-0.3, -0.25) is 0 Å². The fraction of sp³-hybridized carbons (Fsp3) is 0.800. The molecule has 108 valence electrons. The van der Waals surface area contributed by atoms with Gasteiger partial charge in [-0.25, -0.2) is 4.98 Å². The summed E-state index contributed by atoms with van der Waals surface area (Å²) < 4.78 is 0. The molecule has 0 amide bonds. The summed E-state index contributed by atoms with van der Waals surface area (Å²) in [5.74, 6) is 0. The molecule has 1 fully saturated rings. The molecule has 0 atom stereocenters. The van der Waals surface area contributed by atoms with Gasteiger partial charge in [0.15, 0.2) is 0 Å². The van der Waals surface area contributed by atoms with Gasteiger partial charge in [0.2, 0.25) is 0 Å². The van der Waals surface area contributed by atoms with E-state index in [4.69, 9.17) is 0 Å². The van der Waals surface area contributed by atoms with Crippen LogP contribution in [0.1, 0.15) is 49.2 Å². The number of nitrogens with zero attached hydrogens (tertiary/aromatic N) is 2. The lowest BCUT2D eigenvalue weighted by molar-refractivity contribution is 0.305. The van der Waals surface area contributed by atoms with E-state index in [1.807, 2.05) is 0 Å². The first-order chi connectivity index (χ1) is 9.24. The standard InChI is InChI=1S/C15H27N3S/c1-13-17-15(12-19-13)11-18(2)10-6-9-16-14-7-4-3-5-8-14/h12,14,16H,3-11H2,1-2H3. The Morgan fingerprint density at radius 2 is 2.16 bits per heavy atom. The van der Waals surface area contributed by atoms with Crippen LogP contribution in [0, 0.1) is 6.92 Å². The van der Waals surface area contributed by atoms with E-state index in [0.717, 1.165) is 25.7 Å². The van der Waals surface area contributed by atoms with Gasteiger partial charge in [-0.2, -0.15) is 0 Å². The van der Waals surface area contributed by atoms with Crippen molar-refractivity contribution < 1.29 is 0 Å². The van der Waals surface area contributed by atoms with Crippen LogP contribution in [0.4, 0.5) is 0 Å². The van der Waals surface area contributed by atoms with Crippen LogP contribution in [0.3, 0.4) is 0 Å². The predicted octanol–water partition coefficient (Wildman–Crippen LogP) is 3.20. The van der Waals surface area contributed by atoms with Gasteiger partial charge < -0.3 is 10.2 Å². The third kappa shape index (κ3) is 5.59. The number of aryl methyl sites for hydroxylation is 1. The van der Waals surface area contributed by atoms with E-state index in [1.165, 1.54) is 49.2 Å². The molecular weight excluding hydrogens is 254 g/mol. The molecule has 0 saturated heterocycles. The van der Waals surface area contributed by atoms with Crippen molar-refractivity contribution >= 4 is 11.3 Å². The first-order valence-electron chi connectivity index (χ1n) is 7.57. The van der Waals surface area contributed by atoms with Crippen molar-refractivity contribution in [2.45, 2.75) is 58.0 Å². The summed E-state index contributed by atoms with van der Waals surface area (Å²) in [5.41, 5.74) is 1.21. The topological polar surface area (TPSA) is 28.2 Å². The Kier molecular flexibility index (Phi) is 6.28. The second-order valence-corrected chi connectivity index (χ2v) is 6.80. The smallest absolute Gasteiger partial charge is 0.0897 e. The van der Waals surface area contributed by atoms with E-state index >= 15 is 0 Å². The Morgan fingerprint density at radius 3 is 2.84 bits per heavy atom. The molecule has 0 unspecified atom stereocenters. The number of aromatic nitrogens is 1. The second-order valence-electron chi connectivity index (χ2n) is 5.74. The van der Waals surface area contributed by atoms with Gasteiger partial charge in [-0.05, 0) is 46.3 Å². The van der Waals surface area contributed by atoms with Crippen molar-refractivity contribution in [3.05, 3.63) is 16.1 Å². The molecule has 1 aromatic heterocycles. The highest BCUT2D eigenvalue weighted by atomic mass is 32.1. The number of nitrogens with one attached hydrogen (secondary N) is 1. The van der Waals surface area contributed by atoms with Crippen molar-refractivity contribution in [3.63, 3.8) is 0 Å². The van der Waals surface area contributed by atoms with E-state index in [9.17, 15) is 0 Å². The van der Waals surface area contributed by atoms with E-state index in [0.29, 0.717) is 0 Å². The number of hydrogen-bond donors (Lipinski definition) is 1. The van der Waals surface area contributed by atoms with Crippen molar-refractivity contribution in [2.24, 2.45) is 0 Å². The van der Waals surface area contributed by atoms with Gasteiger partial charge in [0.05, 0.1) is 10.7 Å². The van der Waals surface area contributed by atoms with Crippen molar-refractivity contribution in [1.29, 1.82) is 0 Å². The summed E-state index contributed by atoms with van der Waals surface area (Å²) in [4.78, 5) is 6.89. The maximum atomic E-state index is 4.51. The fourth-order valence-corrected chi connectivity index (χ4v) is 3.40. The van der Waals surface area contributed by atoms with E-state index in [1.54, 1.807) is 11.3 Å². The zero-order valence-electron chi connectivity index (χ0n) is 12.3. The Labute approximate surface area is 121 Å². The van der Waals surface area contributed by atoms with Crippen molar-refractivity contribution in [3.8, 4) is 0 Å². The summed E-state index contributed by atoms with van der Waals surface area (Å²) in [6.07, 6.45) is 8.27. The maximum absolute atomic E-state index is 4.51. The van der Waals surface area contributed by atoms with Crippen LogP contribution >= 0.6 is 11.3 Å². The third-order valence-electron chi connectivity index (χ3n) is 3.85. The predicted molar refractivity (Wildman–Crippen MR) is 82.7 cm³/mol. The molecule has 1 N–H and O–H groups in total. The average molecular weight is 281 g/mol. The highest BCUT2D eigenvalue weighted by Gasteiger charge is 2.12. The molecule has 0 radical (unpaired) electrons. The molecule has 0 aliphatic heterocycles. The third-order valence-corrected chi connectivity index (χ3v) is 4.68. The zero-order chi connectivity index (χ0) is 13.5. The molecule has 1 aromatic rings. The van der Waals surface area contributed by atoms with Crippen LogP contribution in [-0.2, 0) is 6.54 Å². The lowest BCUT2D eigenvalue weighted by atomic mass is 9.95. The normalized spacial score (nSPS) is 17.2. The monoisotopic (exact) mass is 281 g/mol. The molecule has 2 rings (SSSR count). The number of thiazole rings is 1. The maximum Gasteiger partial charge on any atom is 0.0897 e. The van der Waals surface area contributed by atoms with Gasteiger partial charge in [-0.1, -0.05) is 19.3 Å². The average Bonchev–Trinajstić information content (AvgIpc) is 2.81. The summed E-state index contributed by atoms with van der Waals surface area (Å²) in [6.45, 7) is 5.36. The number of hydrogen-bond acceptors (Lipinski definition) is 4. The minimum Gasteiger partial charge on any atom is -0.314 e.